The van der Waals surface area contributed by atoms with Crippen molar-refractivity contribution < 1.29 is 13.7 Å². The molecule has 2 aliphatic rings. The highest BCUT2D eigenvalue weighted by atomic mass is 16.5. The van der Waals surface area contributed by atoms with E-state index in [1.54, 1.807) is 0 Å². The Bertz CT molecular complexity index is 1320. The monoisotopic (exact) mass is 384 g/mol. The van der Waals surface area contributed by atoms with Crippen molar-refractivity contribution in [2.24, 2.45) is 7.05 Å². The van der Waals surface area contributed by atoms with Crippen LogP contribution in [0.3, 0.4) is 0 Å². The van der Waals surface area contributed by atoms with Gasteiger partial charge in [0.1, 0.15) is 12.8 Å². The van der Waals surface area contributed by atoms with Crippen LogP contribution in [0.15, 0.2) is 35.1 Å². The number of hydrogen-bond donors (Lipinski definition) is 0. The summed E-state index contributed by atoms with van der Waals surface area (Å²) in [5.74, 6) is 2.51. The van der Waals surface area contributed by atoms with Gasteiger partial charge in [-0.15, -0.1) is 0 Å². The van der Waals surface area contributed by atoms with Crippen LogP contribution in [-0.2, 0) is 7.05 Å². The molecule has 3 heterocycles. The zero-order chi connectivity index (χ0) is 19.9. The number of ether oxygens (including phenoxy) is 1. The highest BCUT2D eigenvalue weighted by Crippen LogP contribution is 2.52. The van der Waals surface area contributed by atoms with E-state index in [2.05, 4.69) is 56.8 Å². The average molecular weight is 384 g/mol. The Balaban J connectivity index is 1.77. The van der Waals surface area contributed by atoms with Gasteiger partial charge in [0.25, 0.3) is 5.69 Å². The van der Waals surface area contributed by atoms with Gasteiger partial charge in [0, 0.05) is 10.9 Å². The van der Waals surface area contributed by atoms with Crippen molar-refractivity contribution in [2.45, 2.75) is 52.4 Å². The highest BCUT2D eigenvalue weighted by Gasteiger charge is 2.35. The van der Waals surface area contributed by atoms with E-state index in [9.17, 15) is 0 Å². The fourth-order valence-corrected chi connectivity index (χ4v) is 5.54. The summed E-state index contributed by atoms with van der Waals surface area (Å²) in [5, 5.41) is 3.66. The summed E-state index contributed by atoms with van der Waals surface area (Å²) in [6.07, 6.45) is 9.21. The number of furan rings is 1. The molecule has 0 bridgehead atoms. The predicted molar refractivity (Wildman–Crippen MR) is 116 cm³/mol. The largest absolute Gasteiger partial charge is 0.458 e. The van der Waals surface area contributed by atoms with E-state index in [1.807, 2.05) is 6.26 Å². The molecule has 0 atom stereocenters. The lowest BCUT2D eigenvalue weighted by Crippen LogP contribution is -2.32. The summed E-state index contributed by atoms with van der Waals surface area (Å²) in [6.45, 7) is 6.59. The topological polar surface area (TPSA) is 26.2 Å². The van der Waals surface area contributed by atoms with Gasteiger partial charge in [-0.2, -0.15) is 4.57 Å². The van der Waals surface area contributed by atoms with E-state index in [0.29, 0.717) is 5.92 Å². The van der Waals surface area contributed by atoms with Gasteiger partial charge in [-0.05, 0) is 67.7 Å². The van der Waals surface area contributed by atoms with Crippen molar-refractivity contribution in [1.82, 2.24) is 0 Å². The first-order valence-corrected chi connectivity index (χ1v) is 10.7. The maximum absolute atomic E-state index is 6.70. The summed E-state index contributed by atoms with van der Waals surface area (Å²) in [6, 6.07) is 6.74. The van der Waals surface area contributed by atoms with Gasteiger partial charge in [-0.25, -0.2) is 0 Å². The summed E-state index contributed by atoms with van der Waals surface area (Å²) < 4.78 is 14.9. The molecule has 0 amide bonds. The first kappa shape index (κ1) is 17.1. The van der Waals surface area contributed by atoms with E-state index in [4.69, 9.17) is 9.15 Å². The van der Waals surface area contributed by atoms with Gasteiger partial charge in [0.15, 0.2) is 0 Å². The van der Waals surface area contributed by atoms with Crippen LogP contribution < -0.4 is 9.30 Å². The Kier molecular flexibility index (Phi) is 3.45. The molecule has 0 radical (unpaired) electrons. The minimum atomic E-state index is 0.578. The Morgan fingerprint density at radius 1 is 1.00 bits per heavy atom. The van der Waals surface area contributed by atoms with Crippen LogP contribution in [0.4, 0.5) is 0 Å². The molecule has 2 aromatic heterocycles. The van der Waals surface area contributed by atoms with E-state index < -0.39 is 0 Å². The fraction of sp³-hybridized carbons (Fsp3) is 0.346. The van der Waals surface area contributed by atoms with Crippen LogP contribution in [0.5, 0.6) is 11.5 Å². The van der Waals surface area contributed by atoms with Crippen molar-refractivity contribution in [1.29, 1.82) is 0 Å². The van der Waals surface area contributed by atoms with Crippen molar-refractivity contribution in [3.63, 3.8) is 0 Å². The standard InChI is InChI=1S/C26H26NO2/c1-14-9-18-11-15(2)16(3)22-23(18)20(10-14)29-26-24-19(17-7-5-6-8-17)13-28-21(24)12-27(4)25(22)26/h9-13,17H,5-8H2,1-4H3/q+1. The SMILES string of the molecule is Cc1cc2c3c(c(C)c(C)cc3c1)-c1c(c3c(C4CCCC4)coc3c[n+]1C)O2. The molecule has 1 aliphatic carbocycles. The lowest BCUT2D eigenvalue weighted by atomic mass is 9.88. The van der Waals surface area contributed by atoms with Gasteiger partial charge in [-0.3, -0.25) is 0 Å². The van der Waals surface area contributed by atoms with Gasteiger partial charge in [0.05, 0.1) is 17.2 Å². The molecule has 1 fully saturated rings. The van der Waals surface area contributed by atoms with Gasteiger partial charge < -0.3 is 9.15 Å². The van der Waals surface area contributed by atoms with E-state index >= 15 is 0 Å². The van der Waals surface area contributed by atoms with Crippen LogP contribution in [0, 0.1) is 20.8 Å². The summed E-state index contributed by atoms with van der Waals surface area (Å²) >= 11 is 0. The molecule has 6 rings (SSSR count). The van der Waals surface area contributed by atoms with Crippen LogP contribution in [0.25, 0.3) is 33.0 Å². The highest BCUT2D eigenvalue weighted by molar-refractivity contribution is 6.07. The minimum absolute atomic E-state index is 0.578. The molecule has 3 nitrogen and oxygen atoms in total. The number of rotatable bonds is 1. The molecule has 3 heteroatoms. The molecule has 0 unspecified atom stereocenters. The summed E-state index contributed by atoms with van der Waals surface area (Å²) in [7, 11) is 2.10. The number of hydrogen-bond acceptors (Lipinski definition) is 2. The molecule has 1 saturated carbocycles. The molecule has 2 aromatic carbocycles. The third-order valence-electron chi connectivity index (χ3n) is 7.06. The zero-order valence-electron chi connectivity index (χ0n) is 17.6. The van der Waals surface area contributed by atoms with Crippen molar-refractivity contribution in [3.8, 4) is 22.8 Å². The number of pyridine rings is 1. The molecule has 1 aliphatic heterocycles. The molecule has 146 valence electrons. The van der Waals surface area contributed by atoms with E-state index in [0.717, 1.165) is 17.1 Å². The zero-order valence-corrected chi connectivity index (χ0v) is 17.6. The molecule has 0 saturated heterocycles. The lowest BCUT2D eigenvalue weighted by molar-refractivity contribution is -0.659. The van der Waals surface area contributed by atoms with Crippen LogP contribution in [0.2, 0.25) is 0 Å². The second-order valence-electron chi connectivity index (χ2n) is 8.99. The van der Waals surface area contributed by atoms with Crippen molar-refractivity contribution >= 4 is 21.7 Å². The molecular formula is C26H26NO2+. The fourth-order valence-electron chi connectivity index (χ4n) is 5.54. The number of fused-ring (bicyclic) bond motifs is 4. The first-order valence-electron chi connectivity index (χ1n) is 10.7. The maximum Gasteiger partial charge on any atom is 0.257 e. The second-order valence-corrected chi connectivity index (χ2v) is 8.99. The maximum atomic E-state index is 6.70. The third kappa shape index (κ3) is 2.27. The minimum Gasteiger partial charge on any atom is -0.458 e. The smallest absolute Gasteiger partial charge is 0.257 e. The average Bonchev–Trinajstić information content (AvgIpc) is 3.34. The van der Waals surface area contributed by atoms with Gasteiger partial charge >= 0.3 is 0 Å². The van der Waals surface area contributed by atoms with Gasteiger partial charge in [0.2, 0.25) is 17.5 Å². The molecular weight excluding hydrogens is 358 g/mol. The molecule has 0 N–H and O–H groups in total. The van der Waals surface area contributed by atoms with Crippen LogP contribution in [0.1, 0.15) is 53.9 Å². The number of nitrogens with zero attached hydrogens (tertiary/aromatic N) is 1. The lowest BCUT2D eigenvalue weighted by Gasteiger charge is -2.23. The first-order chi connectivity index (χ1) is 14.0. The molecule has 0 spiro atoms. The van der Waals surface area contributed by atoms with E-state index in [-0.39, 0.29) is 0 Å². The number of aryl methyl sites for hydroxylation is 3. The number of benzene rings is 2. The third-order valence-corrected chi connectivity index (χ3v) is 7.06. The van der Waals surface area contributed by atoms with E-state index in [1.165, 1.54) is 75.4 Å². The Hall–Kier alpha value is -2.81. The Morgan fingerprint density at radius 3 is 2.59 bits per heavy atom. The predicted octanol–water partition coefficient (Wildman–Crippen LogP) is 6.77. The summed E-state index contributed by atoms with van der Waals surface area (Å²) in [4.78, 5) is 0. The Labute approximate surface area is 170 Å². The van der Waals surface area contributed by atoms with Crippen LogP contribution in [-0.4, -0.2) is 0 Å². The van der Waals surface area contributed by atoms with Gasteiger partial charge in [-0.1, -0.05) is 25.0 Å². The summed E-state index contributed by atoms with van der Waals surface area (Å²) in [5.41, 5.74) is 8.59. The van der Waals surface area contributed by atoms with Crippen molar-refractivity contribution in [2.75, 3.05) is 0 Å². The quantitative estimate of drug-likeness (QED) is 0.298. The van der Waals surface area contributed by atoms with Crippen LogP contribution >= 0.6 is 0 Å². The number of aromatic nitrogens is 1. The second kappa shape index (κ2) is 5.85. The molecule has 4 aromatic rings. The Morgan fingerprint density at radius 2 is 1.79 bits per heavy atom. The van der Waals surface area contributed by atoms with Crippen molar-refractivity contribution in [3.05, 3.63) is 52.9 Å². The normalized spacial score (nSPS) is 15.9. The molecule has 29 heavy (non-hydrogen) atoms.